The Morgan fingerprint density at radius 3 is 2.87 bits per heavy atom. The van der Waals surface area contributed by atoms with Crippen LogP contribution >= 0.6 is 0 Å². The smallest absolute Gasteiger partial charge is 0.343 e. The monoisotopic (exact) mass is 314 g/mol. The summed E-state index contributed by atoms with van der Waals surface area (Å²) >= 11 is 0. The Kier molecular flexibility index (Phi) is 3.63. The molecule has 1 heterocycles. The van der Waals surface area contributed by atoms with Gasteiger partial charge in [0.2, 0.25) is 0 Å². The van der Waals surface area contributed by atoms with E-state index in [0.717, 1.165) is 6.07 Å². The maximum Gasteiger partial charge on any atom is 0.343 e. The standard InChI is InChI=1S/C15H10N2O6/c18-14-8-22-13-5-4-11(7-12(13)16-14)23-15(19)9-2-1-3-10(6-9)17(20)21/h1-7H,8H2,(H,16,18). The highest BCUT2D eigenvalue weighted by Crippen LogP contribution is 2.31. The number of hydrogen-bond donors (Lipinski definition) is 1. The van der Waals surface area contributed by atoms with E-state index < -0.39 is 10.9 Å². The van der Waals surface area contributed by atoms with Gasteiger partial charge in [-0.25, -0.2) is 4.79 Å². The van der Waals surface area contributed by atoms with Crippen LogP contribution in [0.2, 0.25) is 0 Å². The fourth-order valence-corrected chi connectivity index (χ4v) is 2.04. The highest BCUT2D eigenvalue weighted by atomic mass is 16.6. The average molecular weight is 314 g/mol. The molecule has 0 fully saturated rings. The van der Waals surface area contributed by atoms with Crippen LogP contribution in [0, 0.1) is 10.1 Å². The van der Waals surface area contributed by atoms with E-state index in [1.807, 2.05) is 0 Å². The van der Waals surface area contributed by atoms with Gasteiger partial charge in [0, 0.05) is 18.2 Å². The molecule has 0 unspecified atom stereocenters. The van der Waals surface area contributed by atoms with Gasteiger partial charge >= 0.3 is 5.97 Å². The Labute approximate surface area is 129 Å². The summed E-state index contributed by atoms with van der Waals surface area (Å²) in [5.41, 5.74) is 0.244. The predicted molar refractivity (Wildman–Crippen MR) is 78.6 cm³/mol. The van der Waals surface area contributed by atoms with E-state index >= 15 is 0 Å². The number of nitro benzene ring substituents is 1. The van der Waals surface area contributed by atoms with Gasteiger partial charge in [0.15, 0.2) is 6.61 Å². The van der Waals surface area contributed by atoms with Gasteiger partial charge < -0.3 is 14.8 Å². The first-order chi connectivity index (χ1) is 11.0. The molecule has 8 heteroatoms. The number of nitro groups is 1. The first-order valence-corrected chi connectivity index (χ1v) is 6.56. The highest BCUT2D eigenvalue weighted by Gasteiger charge is 2.18. The van der Waals surface area contributed by atoms with E-state index in [2.05, 4.69) is 5.32 Å². The number of nitrogens with zero attached hydrogens (tertiary/aromatic N) is 1. The zero-order valence-corrected chi connectivity index (χ0v) is 11.6. The molecule has 0 saturated carbocycles. The van der Waals surface area contributed by atoms with Gasteiger partial charge in [-0.15, -0.1) is 0 Å². The predicted octanol–water partition coefficient (Wildman–Crippen LogP) is 2.14. The molecule has 1 amide bonds. The van der Waals surface area contributed by atoms with Gasteiger partial charge in [-0.05, 0) is 18.2 Å². The largest absolute Gasteiger partial charge is 0.482 e. The molecule has 116 valence electrons. The molecular formula is C15H10N2O6. The SMILES string of the molecule is O=C1COc2ccc(OC(=O)c3cccc([N+](=O)[O-])c3)cc2N1. The Morgan fingerprint density at radius 1 is 1.26 bits per heavy atom. The van der Waals surface area contributed by atoms with E-state index in [-0.39, 0.29) is 29.5 Å². The van der Waals surface area contributed by atoms with Crippen LogP contribution in [0.4, 0.5) is 11.4 Å². The lowest BCUT2D eigenvalue weighted by molar-refractivity contribution is -0.384. The second kappa shape index (κ2) is 5.76. The summed E-state index contributed by atoms with van der Waals surface area (Å²) in [6.07, 6.45) is 0. The van der Waals surface area contributed by atoms with E-state index in [0.29, 0.717) is 11.4 Å². The molecule has 2 aromatic rings. The number of ether oxygens (including phenoxy) is 2. The van der Waals surface area contributed by atoms with E-state index in [1.54, 1.807) is 6.07 Å². The minimum absolute atomic E-state index is 0.0530. The molecule has 23 heavy (non-hydrogen) atoms. The van der Waals surface area contributed by atoms with Crippen molar-refractivity contribution in [3.8, 4) is 11.5 Å². The number of fused-ring (bicyclic) bond motifs is 1. The number of carbonyl (C=O) groups excluding carboxylic acids is 2. The first kappa shape index (κ1) is 14.5. The van der Waals surface area contributed by atoms with Crippen molar-refractivity contribution in [2.24, 2.45) is 0 Å². The lowest BCUT2D eigenvalue weighted by Crippen LogP contribution is -2.25. The van der Waals surface area contributed by atoms with Crippen LogP contribution in [-0.4, -0.2) is 23.4 Å². The van der Waals surface area contributed by atoms with Crippen LogP contribution in [0.1, 0.15) is 10.4 Å². The molecule has 8 nitrogen and oxygen atoms in total. The molecule has 0 aliphatic carbocycles. The number of amides is 1. The third-order valence-electron chi connectivity index (χ3n) is 3.09. The molecule has 3 rings (SSSR count). The zero-order valence-electron chi connectivity index (χ0n) is 11.6. The molecule has 1 aliphatic rings. The second-order valence-electron chi connectivity index (χ2n) is 4.69. The number of non-ortho nitro benzene ring substituents is 1. The number of anilines is 1. The van der Waals surface area contributed by atoms with Crippen molar-refractivity contribution in [2.75, 3.05) is 11.9 Å². The minimum Gasteiger partial charge on any atom is -0.482 e. The van der Waals surface area contributed by atoms with Crippen LogP contribution < -0.4 is 14.8 Å². The van der Waals surface area contributed by atoms with Gasteiger partial charge in [-0.3, -0.25) is 14.9 Å². The van der Waals surface area contributed by atoms with Gasteiger partial charge in [0.05, 0.1) is 16.2 Å². The molecule has 1 aliphatic heterocycles. The quantitative estimate of drug-likeness (QED) is 0.402. The van der Waals surface area contributed by atoms with Crippen molar-refractivity contribution in [1.29, 1.82) is 0 Å². The van der Waals surface area contributed by atoms with E-state index in [4.69, 9.17) is 9.47 Å². The summed E-state index contributed by atoms with van der Waals surface area (Å²) in [5.74, 6) is -0.387. The fraction of sp³-hybridized carbons (Fsp3) is 0.0667. The van der Waals surface area contributed by atoms with Crippen molar-refractivity contribution in [3.63, 3.8) is 0 Å². The van der Waals surface area contributed by atoms with E-state index in [9.17, 15) is 19.7 Å². The average Bonchev–Trinajstić information content (AvgIpc) is 2.54. The lowest BCUT2D eigenvalue weighted by Gasteiger charge is -2.18. The topological polar surface area (TPSA) is 108 Å². The fourth-order valence-electron chi connectivity index (χ4n) is 2.04. The summed E-state index contributed by atoms with van der Waals surface area (Å²) in [5, 5.41) is 13.3. The van der Waals surface area contributed by atoms with Crippen LogP contribution in [0.25, 0.3) is 0 Å². The summed E-state index contributed by atoms with van der Waals surface area (Å²) in [7, 11) is 0. The third kappa shape index (κ3) is 3.10. The Bertz CT molecular complexity index is 817. The molecule has 0 aromatic heterocycles. The van der Waals surface area contributed by atoms with Crippen molar-refractivity contribution in [2.45, 2.75) is 0 Å². The van der Waals surface area contributed by atoms with Gasteiger partial charge in [0.25, 0.3) is 11.6 Å². The highest BCUT2D eigenvalue weighted by molar-refractivity contribution is 5.96. The van der Waals surface area contributed by atoms with Crippen LogP contribution in [0.3, 0.4) is 0 Å². The second-order valence-corrected chi connectivity index (χ2v) is 4.69. The minimum atomic E-state index is -0.739. The van der Waals surface area contributed by atoms with Crippen molar-refractivity contribution >= 4 is 23.3 Å². The Hall–Kier alpha value is -3.42. The summed E-state index contributed by atoms with van der Waals surface area (Å²) in [6, 6.07) is 9.74. The Balaban J connectivity index is 1.80. The molecule has 0 atom stereocenters. The number of nitrogens with one attached hydrogen (secondary N) is 1. The van der Waals surface area contributed by atoms with Crippen molar-refractivity contribution in [3.05, 3.63) is 58.1 Å². The van der Waals surface area contributed by atoms with Crippen LogP contribution in [-0.2, 0) is 4.79 Å². The summed E-state index contributed by atoms with van der Waals surface area (Å²) < 4.78 is 10.4. The lowest BCUT2D eigenvalue weighted by atomic mass is 10.2. The summed E-state index contributed by atoms with van der Waals surface area (Å²) in [6.45, 7) is -0.0696. The Morgan fingerprint density at radius 2 is 2.09 bits per heavy atom. The number of esters is 1. The van der Waals surface area contributed by atoms with Crippen LogP contribution in [0.5, 0.6) is 11.5 Å². The molecular weight excluding hydrogens is 304 g/mol. The number of hydrogen-bond acceptors (Lipinski definition) is 6. The maximum absolute atomic E-state index is 12.1. The normalized spacial score (nSPS) is 12.6. The molecule has 0 radical (unpaired) electrons. The number of carbonyl (C=O) groups is 2. The third-order valence-corrected chi connectivity index (χ3v) is 3.09. The molecule has 0 bridgehead atoms. The molecule has 0 spiro atoms. The first-order valence-electron chi connectivity index (χ1n) is 6.56. The van der Waals surface area contributed by atoms with E-state index in [1.165, 1.54) is 30.3 Å². The van der Waals surface area contributed by atoms with Gasteiger partial charge in [-0.1, -0.05) is 6.07 Å². The summed E-state index contributed by atoms with van der Waals surface area (Å²) in [4.78, 5) is 33.5. The number of benzene rings is 2. The van der Waals surface area contributed by atoms with Gasteiger partial charge in [0.1, 0.15) is 11.5 Å². The zero-order chi connectivity index (χ0) is 16.4. The van der Waals surface area contributed by atoms with Crippen molar-refractivity contribution in [1.82, 2.24) is 0 Å². The molecule has 2 aromatic carbocycles. The maximum atomic E-state index is 12.1. The van der Waals surface area contributed by atoms with Gasteiger partial charge in [-0.2, -0.15) is 0 Å². The molecule has 1 N–H and O–H groups in total. The molecule has 0 saturated heterocycles. The number of rotatable bonds is 3. The van der Waals surface area contributed by atoms with Crippen molar-refractivity contribution < 1.29 is 24.0 Å². The van der Waals surface area contributed by atoms with Crippen LogP contribution in [0.15, 0.2) is 42.5 Å².